The molecule has 1 fully saturated rings. The van der Waals surface area contributed by atoms with Crippen molar-refractivity contribution in [3.63, 3.8) is 0 Å². The molecule has 4 nitrogen and oxygen atoms in total. The number of likely N-dealkylation sites (N-methyl/N-ethyl adjacent to an activating group) is 1. The van der Waals surface area contributed by atoms with Crippen LogP contribution in [-0.2, 0) is 4.79 Å². The summed E-state index contributed by atoms with van der Waals surface area (Å²) < 4.78 is 5.44. The second-order valence-electron chi connectivity index (χ2n) is 4.81. The first kappa shape index (κ1) is 14.2. The molecule has 1 saturated heterocycles. The van der Waals surface area contributed by atoms with E-state index in [1.807, 2.05) is 7.05 Å². The molecule has 0 spiro atoms. The fraction of sp³-hybridized carbons (Fsp3) is 0.500. The lowest BCUT2D eigenvalue weighted by Gasteiger charge is -2.21. The lowest BCUT2D eigenvalue weighted by Crippen LogP contribution is -2.40. The van der Waals surface area contributed by atoms with E-state index in [-0.39, 0.29) is 12.5 Å². The number of ether oxygens (including phenoxy) is 1. The Bertz CT molecular complexity index is 433. The van der Waals surface area contributed by atoms with Crippen LogP contribution >= 0.6 is 11.6 Å². The number of hydrogen-bond donors (Lipinski definition) is 1. The normalized spacial score (nSPS) is 18.3. The number of nitrogens with one attached hydrogen (secondary N) is 1. The summed E-state index contributed by atoms with van der Waals surface area (Å²) in [5.41, 5.74) is 0. The zero-order valence-corrected chi connectivity index (χ0v) is 11.8. The second kappa shape index (κ2) is 6.78. The maximum Gasteiger partial charge on any atom is 0.260 e. The highest BCUT2D eigenvalue weighted by Gasteiger charge is 2.18. The minimum absolute atomic E-state index is 0.0197. The van der Waals surface area contributed by atoms with Gasteiger partial charge in [-0.25, -0.2) is 0 Å². The van der Waals surface area contributed by atoms with Crippen molar-refractivity contribution in [1.29, 1.82) is 0 Å². The van der Waals surface area contributed by atoms with Crippen LogP contribution in [0.4, 0.5) is 0 Å². The smallest absolute Gasteiger partial charge is 0.260 e. The first-order valence-corrected chi connectivity index (χ1v) is 6.88. The summed E-state index contributed by atoms with van der Waals surface area (Å²) in [6.45, 7) is 1.83. The minimum Gasteiger partial charge on any atom is -0.484 e. The predicted molar refractivity (Wildman–Crippen MR) is 75.6 cm³/mol. The summed E-state index contributed by atoms with van der Waals surface area (Å²) >= 11 is 5.85. The molecule has 19 heavy (non-hydrogen) atoms. The topological polar surface area (TPSA) is 41.6 Å². The van der Waals surface area contributed by atoms with Crippen molar-refractivity contribution in [3.8, 4) is 5.75 Å². The van der Waals surface area contributed by atoms with Gasteiger partial charge in [-0.3, -0.25) is 4.79 Å². The summed E-state index contributed by atoms with van der Waals surface area (Å²) in [7, 11) is 1.81. The first-order chi connectivity index (χ1) is 9.15. The number of carbonyl (C=O) groups is 1. The third-order valence-electron chi connectivity index (χ3n) is 3.24. The Balaban J connectivity index is 1.76. The minimum atomic E-state index is -0.0197. The van der Waals surface area contributed by atoms with E-state index >= 15 is 0 Å². The summed E-state index contributed by atoms with van der Waals surface area (Å²) in [4.78, 5) is 13.6. The Morgan fingerprint density at radius 3 is 3.11 bits per heavy atom. The van der Waals surface area contributed by atoms with Gasteiger partial charge in [0.2, 0.25) is 0 Å². The average Bonchev–Trinajstić information content (AvgIpc) is 2.89. The van der Waals surface area contributed by atoms with E-state index in [1.54, 1.807) is 29.2 Å². The van der Waals surface area contributed by atoms with Crippen molar-refractivity contribution < 1.29 is 9.53 Å². The second-order valence-corrected chi connectivity index (χ2v) is 5.25. The van der Waals surface area contributed by atoms with Gasteiger partial charge in [0.25, 0.3) is 5.91 Å². The Morgan fingerprint density at radius 1 is 1.58 bits per heavy atom. The van der Waals surface area contributed by atoms with Crippen LogP contribution in [0, 0.1) is 0 Å². The van der Waals surface area contributed by atoms with Crippen LogP contribution < -0.4 is 10.1 Å². The molecule has 1 aliphatic heterocycles. The van der Waals surface area contributed by atoms with Crippen molar-refractivity contribution >= 4 is 17.5 Å². The van der Waals surface area contributed by atoms with Gasteiger partial charge in [-0.2, -0.15) is 0 Å². The highest BCUT2D eigenvalue weighted by molar-refractivity contribution is 6.30. The number of nitrogens with zero attached hydrogens (tertiary/aromatic N) is 1. The van der Waals surface area contributed by atoms with Crippen LogP contribution in [0.3, 0.4) is 0 Å². The van der Waals surface area contributed by atoms with Gasteiger partial charge in [0.05, 0.1) is 0 Å². The van der Waals surface area contributed by atoms with E-state index in [4.69, 9.17) is 16.3 Å². The molecule has 1 aromatic rings. The van der Waals surface area contributed by atoms with Gasteiger partial charge in [0.1, 0.15) is 5.75 Å². The molecular weight excluding hydrogens is 264 g/mol. The van der Waals surface area contributed by atoms with Crippen LogP contribution in [0.5, 0.6) is 5.75 Å². The monoisotopic (exact) mass is 282 g/mol. The zero-order chi connectivity index (χ0) is 13.7. The van der Waals surface area contributed by atoms with Crippen molar-refractivity contribution in [2.75, 3.05) is 26.7 Å². The van der Waals surface area contributed by atoms with E-state index < -0.39 is 0 Å². The first-order valence-electron chi connectivity index (χ1n) is 6.51. The van der Waals surface area contributed by atoms with Gasteiger partial charge in [-0.1, -0.05) is 17.7 Å². The van der Waals surface area contributed by atoms with Crippen LogP contribution in [-0.4, -0.2) is 43.6 Å². The summed E-state index contributed by atoms with van der Waals surface area (Å²) in [5.74, 6) is 0.599. The molecule has 1 aromatic carbocycles. The van der Waals surface area contributed by atoms with Gasteiger partial charge in [0.15, 0.2) is 6.61 Å². The summed E-state index contributed by atoms with van der Waals surface area (Å²) in [5, 5.41) is 3.98. The molecule has 1 heterocycles. The van der Waals surface area contributed by atoms with E-state index in [1.165, 1.54) is 6.42 Å². The molecule has 1 aliphatic rings. The fourth-order valence-corrected chi connectivity index (χ4v) is 2.34. The molecule has 2 rings (SSSR count). The number of rotatable bonds is 5. The Hall–Kier alpha value is -1.26. The summed E-state index contributed by atoms with van der Waals surface area (Å²) in [6, 6.07) is 7.48. The van der Waals surface area contributed by atoms with Gasteiger partial charge >= 0.3 is 0 Å². The number of halogens is 1. The van der Waals surface area contributed by atoms with E-state index in [9.17, 15) is 4.79 Å². The number of hydrogen-bond acceptors (Lipinski definition) is 3. The molecule has 0 bridgehead atoms. The third kappa shape index (κ3) is 4.40. The molecule has 104 valence electrons. The summed E-state index contributed by atoms with van der Waals surface area (Å²) in [6.07, 6.45) is 2.32. The van der Waals surface area contributed by atoms with Crippen molar-refractivity contribution in [3.05, 3.63) is 29.3 Å². The molecule has 1 amide bonds. The van der Waals surface area contributed by atoms with E-state index in [0.29, 0.717) is 16.8 Å². The molecule has 0 radical (unpaired) electrons. The zero-order valence-electron chi connectivity index (χ0n) is 11.1. The SMILES string of the molecule is CN(CC1CCCN1)C(=O)COc1cccc(Cl)c1. The maximum atomic E-state index is 11.9. The molecule has 1 N–H and O–H groups in total. The Labute approximate surface area is 118 Å². The van der Waals surface area contributed by atoms with Gasteiger partial charge < -0.3 is 15.0 Å². The number of carbonyl (C=O) groups excluding carboxylic acids is 1. The molecular formula is C14H19ClN2O2. The molecule has 0 aromatic heterocycles. The maximum absolute atomic E-state index is 11.9. The number of amides is 1. The standard InChI is InChI=1S/C14H19ClN2O2/c1-17(9-12-5-3-7-16-12)14(18)10-19-13-6-2-4-11(15)8-13/h2,4,6,8,12,16H,3,5,7,9-10H2,1H3. The molecule has 0 aliphatic carbocycles. The largest absolute Gasteiger partial charge is 0.484 e. The highest BCUT2D eigenvalue weighted by atomic mass is 35.5. The third-order valence-corrected chi connectivity index (χ3v) is 3.48. The Morgan fingerprint density at radius 2 is 2.42 bits per heavy atom. The van der Waals surface area contributed by atoms with E-state index in [0.717, 1.165) is 19.5 Å². The molecule has 1 atom stereocenters. The van der Waals surface area contributed by atoms with E-state index in [2.05, 4.69) is 5.32 Å². The van der Waals surface area contributed by atoms with Crippen LogP contribution in [0.2, 0.25) is 5.02 Å². The molecule has 0 saturated carbocycles. The van der Waals surface area contributed by atoms with Crippen LogP contribution in [0.15, 0.2) is 24.3 Å². The van der Waals surface area contributed by atoms with Crippen molar-refractivity contribution in [2.24, 2.45) is 0 Å². The molecule has 5 heteroatoms. The van der Waals surface area contributed by atoms with Gasteiger partial charge in [-0.15, -0.1) is 0 Å². The van der Waals surface area contributed by atoms with Gasteiger partial charge in [0, 0.05) is 24.7 Å². The van der Waals surface area contributed by atoms with Crippen LogP contribution in [0.1, 0.15) is 12.8 Å². The number of benzene rings is 1. The highest BCUT2D eigenvalue weighted by Crippen LogP contribution is 2.17. The van der Waals surface area contributed by atoms with Gasteiger partial charge in [-0.05, 0) is 37.6 Å². The quantitative estimate of drug-likeness (QED) is 0.897. The lowest BCUT2D eigenvalue weighted by atomic mass is 10.2. The van der Waals surface area contributed by atoms with Crippen molar-refractivity contribution in [1.82, 2.24) is 10.2 Å². The molecule has 1 unspecified atom stereocenters. The lowest BCUT2D eigenvalue weighted by molar-refractivity contribution is -0.132. The predicted octanol–water partition coefficient (Wildman–Crippen LogP) is 1.93. The Kier molecular flexibility index (Phi) is 5.05. The average molecular weight is 283 g/mol. The van der Waals surface area contributed by atoms with Crippen molar-refractivity contribution in [2.45, 2.75) is 18.9 Å². The fourth-order valence-electron chi connectivity index (χ4n) is 2.16. The van der Waals surface area contributed by atoms with Crippen LogP contribution in [0.25, 0.3) is 0 Å².